The number of hydrogen-bond acceptors (Lipinski definition) is 3. The molecule has 0 aromatic rings. The van der Waals surface area contributed by atoms with Gasteiger partial charge in [0.1, 0.15) is 5.60 Å². The summed E-state index contributed by atoms with van der Waals surface area (Å²) >= 11 is 0. The van der Waals surface area contributed by atoms with Crippen molar-refractivity contribution in [2.75, 3.05) is 20.2 Å². The normalized spacial score (nSPS) is 22.8. The van der Waals surface area contributed by atoms with Gasteiger partial charge < -0.3 is 14.4 Å². The molecule has 16 heavy (non-hydrogen) atoms. The molecule has 1 unspecified atom stereocenters. The fraction of sp³-hybridized carbons (Fsp3) is 0.917. The zero-order chi connectivity index (χ0) is 12.2. The summed E-state index contributed by atoms with van der Waals surface area (Å²) in [6, 6.07) is 0. The van der Waals surface area contributed by atoms with Gasteiger partial charge >= 0.3 is 6.09 Å². The lowest BCUT2D eigenvalue weighted by Crippen LogP contribution is -2.37. The smallest absolute Gasteiger partial charge is 0.410 e. The van der Waals surface area contributed by atoms with Gasteiger partial charge in [0.25, 0.3) is 0 Å². The summed E-state index contributed by atoms with van der Waals surface area (Å²) in [5.41, 5.74) is -0.413. The highest BCUT2D eigenvalue weighted by atomic mass is 16.6. The quantitative estimate of drug-likeness (QED) is 0.693. The summed E-state index contributed by atoms with van der Waals surface area (Å²) in [6.45, 7) is 7.17. The van der Waals surface area contributed by atoms with Gasteiger partial charge in [0, 0.05) is 20.2 Å². The lowest BCUT2D eigenvalue weighted by molar-refractivity contribution is 0.0244. The number of hydrogen-bond donors (Lipinski definition) is 0. The standard InChI is InChI=1S/C12H23NO3/c1-12(2,3)16-11(14)13-8-5-6-10(15-4)7-9-13/h10H,5-9H2,1-4H3. The second-order valence-corrected chi connectivity index (χ2v) is 5.26. The highest BCUT2D eigenvalue weighted by molar-refractivity contribution is 5.68. The molecule has 1 heterocycles. The van der Waals surface area contributed by atoms with Crippen LogP contribution >= 0.6 is 0 Å². The fourth-order valence-corrected chi connectivity index (χ4v) is 1.81. The fourth-order valence-electron chi connectivity index (χ4n) is 1.81. The van der Waals surface area contributed by atoms with Crippen LogP contribution in [-0.4, -0.2) is 42.9 Å². The Morgan fingerprint density at radius 3 is 2.50 bits per heavy atom. The van der Waals surface area contributed by atoms with E-state index in [1.54, 1.807) is 12.0 Å². The zero-order valence-electron chi connectivity index (χ0n) is 10.8. The molecule has 1 aliphatic rings. The Morgan fingerprint density at radius 1 is 1.25 bits per heavy atom. The Labute approximate surface area is 97.9 Å². The third-order valence-electron chi connectivity index (χ3n) is 2.66. The number of nitrogens with zero attached hydrogens (tertiary/aromatic N) is 1. The van der Waals surface area contributed by atoms with E-state index in [4.69, 9.17) is 9.47 Å². The van der Waals surface area contributed by atoms with Crippen LogP contribution in [0.4, 0.5) is 4.79 Å². The molecule has 1 aliphatic heterocycles. The molecule has 94 valence electrons. The van der Waals surface area contributed by atoms with Gasteiger partial charge in [-0.2, -0.15) is 0 Å². The summed E-state index contributed by atoms with van der Waals surface area (Å²) < 4.78 is 10.7. The number of carbonyl (C=O) groups excluding carboxylic acids is 1. The molecule has 0 N–H and O–H groups in total. The van der Waals surface area contributed by atoms with Gasteiger partial charge in [-0.15, -0.1) is 0 Å². The Balaban J connectivity index is 2.45. The molecular weight excluding hydrogens is 206 g/mol. The van der Waals surface area contributed by atoms with Crippen LogP contribution in [0.5, 0.6) is 0 Å². The van der Waals surface area contributed by atoms with E-state index in [9.17, 15) is 4.79 Å². The lowest BCUT2D eigenvalue weighted by atomic mass is 10.2. The predicted octanol–water partition coefficient (Wildman–Crippen LogP) is 2.42. The van der Waals surface area contributed by atoms with Gasteiger partial charge in [-0.25, -0.2) is 4.79 Å². The first-order chi connectivity index (χ1) is 7.42. The van der Waals surface area contributed by atoms with Crippen molar-refractivity contribution in [3.63, 3.8) is 0 Å². The second kappa shape index (κ2) is 5.53. The topological polar surface area (TPSA) is 38.8 Å². The molecule has 4 heteroatoms. The van der Waals surface area contributed by atoms with Crippen molar-refractivity contribution in [2.45, 2.75) is 51.7 Å². The van der Waals surface area contributed by atoms with Gasteiger partial charge in [-0.3, -0.25) is 0 Å². The van der Waals surface area contributed by atoms with Gasteiger partial charge in [0.05, 0.1) is 6.10 Å². The molecule has 0 bridgehead atoms. The van der Waals surface area contributed by atoms with Crippen LogP contribution in [0, 0.1) is 0 Å². The van der Waals surface area contributed by atoms with E-state index in [-0.39, 0.29) is 12.2 Å². The van der Waals surface area contributed by atoms with Crippen molar-refractivity contribution in [3.8, 4) is 0 Å². The monoisotopic (exact) mass is 229 g/mol. The van der Waals surface area contributed by atoms with Gasteiger partial charge in [-0.1, -0.05) is 0 Å². The van der Waals surface area contributed by atoms with Crippen LogP contribution in [0.1, 0.15) is 40.0 Å². The maximum atomic E-state index is 11.8. The van der Waals surface area contributed by atoms with Crippen molar-refractivity contribution in [2.24, 2.45) is 0 Å². The molecule has 0 aliphatic carbocycles. The van der Waals surface area contributed by atoms with E-state index >= 15 is 0 Å². The molecule has 1 saturated heterocycles. The summed E-state index contributed by atoms with van der Waals surface area (Å²) in [6.07, 6.45) is 2.99. The number of amides is 1. The number of carbonyl (C=O) groups is 1. The summed E-state index contributed by atoms with van der Waals surface area (Å²) in [5.74, 6) is 0. The highest BCUT2D eigenvalue weighted by Crippen LogP contribution is 2.16. The third kappa shape index (κ3) is 4.39. The molecule has 4 nitrogen and oxygen atoms in total. The van der Waals surface area contributed by atoms with E-state index < -0.39 is 5.60 Å². The number of rotatable bonds is 1. The second-order valence-electron chi connectivity index (χ2n) is 5.26. The third-order valence-corrected chi connectivity index (χ3v) is 2.66. The summed E-state index contributed by atoms with van der Waals surface area (Å²) in [4.78, 5) is 13.6. The summed E-state index contributed by atoms with van der Waals surface area (Å²) in [7, 11) is 1.73. The van der Waals surface area contributed by atoms with Gasteiger partial charge in [0.2, 0.25) is 0 Å². The lowest BCUT2D eigenvalue weighted by Gasteiger charge is -2.26. The Kier molecular flexibility index (Phi) is 4.59. The van der Waals surface area contributed by atoms with E-state index in [0.717, 1.165) is 32.4 Å². The van der Waals surface area contributed by atoms with Crippen molar-refractivity contribution >= 4 is 6.09 Å². The minimum atomic E-state index is -0.413. The van der Waals surface area contributed by atoms with Crippen molar-refractivity contribution in [3.05, 3.63) is 0 Å². The van der Waals surface area contributed by atoms with Crippen LogP contribution in [0.3, 0.4) is 0 Å². The van der Waals surface area contributed by atoms with Gasteiger partial charge in [0.15, 0.2) is 0 Å². The van der Waals surface area contributed by atoms with E-state index in [1.165, 1.54) is 0 Å². The molecule has 1 fully saturated rings. The predicted molar refractivity (Wildman–Crippen MR) is 62.5 cm³/mol. The van der Waals surface area contributed by atoms with E-state index in [1.807, 2.05) is 20.8 Å². The maximum Gasteiger partial charge on any atom is 0.410 e. The van der Waals surface area contributed by atoms with Crippen LogP contribution in [-0.2, 0) is 9.47 Å². The average molecular weight is 229 g/mol. The molecule has 0 spiro atoms. The molecule has 1 amide bonds. The first kappa shape index (κ1) is 13.3. The first-order valence-corrected chi connectivity index (χ1v) is 5.93. The minimum Gasteiger partial charge on any atom is -0.444 e. The number of likely N-dealkylation sites (tertiary alicyclic amines) is 1. The summed E-state index contributed by atoms with van der Waals surface area (Å²) in [5, 5.41) is 0. The first-order valence-electron chi connectivity index (χ1n) is 5.93. The average Bonchev–Trinajstić information content (AvgIpc) is 2.39. The van der Waals surface area contributed by atoms with Crippen molar-refractivity contribution < 1.29 is 14.3 Å². The molecular formula is C12H23NO3. The Hall–Kier alpha value is -0.770. The Morgan fingerprint density at radius 2 is 1.94 bits per heavy atom. The van der Waals surface area contributed by atoms with Crippen LogP contribution < -0.4 is 0 Å². The van der Waals surface area contributed by atoms with Crippen LogP contribution in [0.2, 0.25) is 0 Å². The van der Waals surface area contributed by atoms with Crippen molar-refractivity contribution in [1.29, 1.82) is 0 Å². The molecule has 1 rings (SSSR count). The van der Waals surface area contributed by atoms with Gasteiger partial charge in [-0.05, 0) is 40.0 Å². The SMILES string of the molecule is COC1CCCN(C(=O)OC(C)(C)C)CC1. The number of ether oxygens (including phenoxy) is 2. The van der Waals surface area contributed by atoms with Crippen LogP contribution in [0.25, 0.3) is 0 Å². The molecule has 0 aromatic carbocycles. The van der Waals surface area contributed by atoms with E-state index in [0.29, 0.717) is 0 Å². The largest absolute Gasteiger partial charge is 0.444 e. The highest BCUT2D eigenvalue weighted by Gasteiger charge is 2.24. The van der Waals surface area contributed by atoms with E-state index in [2.05, 4.69) is 0 Å². The molecule has 0 saturated carbocycles. The number of methoxy groups -OCH3 is 1. The Bertz CT molecular complexity index is 235. The van der Waals surface area contributed by atoms with Crippen molar-refractivity contribution in [1.82, 2.24) is 4.90 Å². The molecule has 0 radical (unpaired) electrons. The molecule has 1 atom stereocenters. The zero-order valence-corrected chi connectivity index (χ0v) is 10.8. The molecule has 0 aromatic heterocycles. The van der Waals surface area contributed by atoms with Crippen LogP contribution in [0.15, 0.2) is 0 Å². The maximum absolute atomic E-state index is 11.8. The minimum absolute atomic E-state index is 0.204.